The molecule has 1 aromatic carbocycles. The van der Waals surface area contributed by atoms with Gasteiger partial charge in [-0.3, -0.25) is 4.57 Å². The second kappa shape index (κ2) is 3.15. The topological polar surface area (TPSA) is 37.8 Å². The van der Waals surface area contributed by atoms with Crippen molar-refractivity contribution in [2.24, 2.45) is 0 Å². The highest BCUT2D eigenvalue weighted by atomic mass is 19.4. The molecule has 6 heteroatoms. The van der Waals surface area contributed by atoms with Gasteiger partial charge < -0.3 is 4.98 Å². The first-order chi connectivity index (χ1) is 7.97. The monoisotopic (exact) mass is 242 g/mol. The van der Waals surface area contributed by atoms with E-state index in [1.165, 1.54) is 10.6 Å². The fourth-order valence-electron chi connectivity index (χ4n) is 1.99. The first-order valence-corrected chi connectivity index (χ1v) is 5.28. The van der Waals surface area contributed by atoms with Crippen molar-refractivity contribution in [3.05, 3.63) is 34.2 Å². The van der Waals surface area contributed by atoms with E-state index < -0.39 is 11.7 Å². The summed E-state index contributed by atoms with van der Waals surface area (Å²) in [5, 5.41) is 0. The molecule has 0 radical (unpaired) electrons. The summed E-state index contributed by atoms with van der Waals surface area (Å²) in [7, 11) is 0. The molecule has 17 heavy (non-hydrogen) atoms. The SMILES string of the molecule is O=c1[nH]c2ccc(C(F)(F)F)cc2n1C1CC1. The first kappa shape index (κ1) is 10.4. The minimum atomic E-state index is -4.38. The third-order valence-electron chi connectivity index (χ3n) is 2.96. The molecular weight excluding hydrogens is 233 g/mol. The predicted molar refractivity (Wildman–Crippen MR) is 55.8 cm³/mol. The molecule has 1 N–H and O–H groups in total. The van der Waals surface area contributed by atoms with Crippen molar-refractivity contribution in [1.82, 2.24) is 9.55 Å². The molecule has 90 valence electrons. The lowest BCUT2D eigenvalue weighted by molar-refractivity contribution is -0.137. The summed E-state index contributed by atoms with van der Waals surface area (Å²) < 4.78 is 39.1. The van der Waals surface area contributed by atoms with Crippen LogP contribution in [0.25, 0.3) is 11.0 Å². The van der Waals surface area contributed by atoms with E-state index in [4.69, 9.17) is 0 Å². The van der Waals surface area contributed by atoms with Crippen molar-refractivity contribution in [2.75, 3.05) is 0 Å². The van der Waals surface area contributed by atoms with Gasteiger partial charge in [0.1, 0.15) is 0 Å². The number of aromatic amines is 1. The van der Waals surface area contributed by atoms with E-state index in [2.05, 4.69) is 4.98 Å². The van der Waals surface area contributed by atoms with Crippen LogP contribution in [0.5, 0.6) is 0 Å². The van der Waals surface area contributed by atoms with Crippen molar-refractivity contribution in [1.29, 1.82) is 0 Å². The van der Waals surface area contributed by atoms with Gasteiger partial charge in [0.15, 0.2) is 0 Å². The Kier molecular flexibility index (Phi) is 1.93. The quantitative estimate of drug-likeness (QED) is 0.820. The zero-order valence-electron chi connectivity index (χ0n) is 8.71. The fourth-order valence-corrected chi connectivity index (χ4v) is 1.99. The number of aromatic nitrogens is 2. The molecule has 1 heterocycles. The summed E-state index contributed by atoms with van der Waals surface area (Å²) in [6.07, 6.45) is -2.68. The van der Waals surface area contributed by atoms with Gasteiger partial charge >= 0.3 is 11.9 Å². The maximum atomic E-state index is 12.6. The molecule has 0 spiro atoms. The molecular formula is C11H9F3N2O. The Morgan fingerprint density at radius 3 is 2.59 bits per heavy atom. The molecule has 2 aromatic rings. The van der Waals surface area contributed by atoms with Gasteiger partial charge in [0, 0.05) is 6.04 Å². The fraction of sp³-hybridized carbons (Fsp3) is 0.364. The first-order valence-electron chi connectivity index (χ1n) is 5.28. The van der Waals surface area contributed by atoms with Crippen LogP contribution in [0.4, 0.5) is 13.2 Å². The predicted octanol–water partition coefficient (Wildman–Crippen LogP) is 2.68. The summed E-state index contributed by atoms with van der Waals surface area (Å²) in [6.45, 7) is 0. The Hall–Kier alpha value is -1.72. The van der Waals surface area contributed by atoms with E-state index in [-0.39, 0.29) is 11.7 Å². The molecule has 3 nitrogen and oxygen atoms in total. The van der Waals surface area contributed by atoms with E-state index in [0.29, 0.717) is 11.0 Å². The molecule has 0 atom stereocenters. The molecule has 0 amide bonds. The molecule has 0 saturated heterocycles. The normalized spacial score (nSPS) is 16.6. The van der Waals surface area contributed by atoms with E-state index in [1.807, 2.05) is 0 Å². The zero-order chi connectivity index (χ0) is 12.2. The highest BCUT2D eigenvalue weighted by Gasteiger charge is 2.32. The van der Waals surface area contributed by atoms with Crippen LogP contribution >= 0.6 is 0 Å². The summed E-state index contributed by atoms with van der Waals surface area (Å²) >= 11 is 0. The van der Waals surface area contributed by atoms with Crippen LogP contribution in [0.3, 0.4) is 0 Å². The average molecular weight is 242 g/mol. The number of nitrogens with zero attached hydrogens (tertiary/aromatic N) is 1. The number of imidazole rings is 1. The van der Waals surface area contributed by atoms with Crippen molar-refractivity contribution in [2.45, 2.75) is 25.1 Å². The third kappa shape index (κ3) is 1.64. The Morgan fingerprint density at radius 2 is 2.00 bits per heavy atom. The summed E-state index contributed by atoms with van der Waals surface area (Å²) in [5.41, 5.74) is -0.262. The van der Waals surface area contributed by atoms with Crippen molar-refractivity contribution in [3.8, 4) is 0 Å². The van der Waals surface area contributed by atoms with Gasteiger partial charge in [-0.25, -0.2) is 4.79 Å². The maximum Gasteiger partial charge on any atom is 0.416 e. The summed E-state index contributed by atoms with van der Waals surface area (Å²) in [5.74, 6) is 0. The number of halogens is 3. The minimum absolute atomic E-state index is 0.0553. The number of alkyl halides is 3. The number of nitrogens with one attached hydrogen (secondary N) is 1. The van der Waals surface area contributed by atoms with E-state index in [1.54, 1.807) is 0 Å². The minimum Gasteiger partial charge on any atom is -0.306 e. The Labute approximate surface area is 93.9 Å². The van der Waals surface area contributed by atoms with E-state index in [0.717, 1.165) is 25.0 Å². The smallest absolute Gasteiger partial charge is 0.306 e. The van der Waals surface area contributed by atoms with Crippen LogP contribution in [-0.2, 0) is 6.18 Å². The van der Waals surface area contributed by atoms with Crippen molar-refractivity contribution in [3.63, 3.8) is 0 Å². The lowest BCUT2D eigenvalue weighted by Gasteiger charge is -2.07. The number of rotatable bonds is 1. The number of hydrogen-bond acceptors (Lipinski definition) is 1. The molecule has 3 rings (SSSR count). The summed E-state index contributed by atoms with van der Waals surface area (Å²) in [4.78, 5) is 14.2. The Bertz CT molecular complexity index is 634. The van der Waals surface area contributed by atoms with Crippen molar-refractivity contribution >= 4 is 11.0 Å². The van der Waals surface area contributed by atoms with Crippen LogP contribution in [0.2, 0.25) is 0 Å². The van der Waals surface area contributed by atoms with Crippen molar-refractivity contribution < 1.29 is 13.2 Å². The van der Waals surface area contributed by atoms with Crippen LogP contribution < -0.4 is 5.69 Å². The number of hydrogen-bond donors (Lipinski definition) is 1. The van der Waals surface area contributed by atoms with Gasteiger partial charge in [-0.1, -0.05) is 0 Å². The van der Waals surface area contributed by atoms with Crippen LogP contribution in [0, 0.1) is 0 Å². The molecule has 1 aliphatic rings. The number of benzene rings is 1. The summed E-state index contributed by atoms with van der Waals surface area (Å²) in [6, 6.07) is 3.37. The highest BCUT2D eigenvalue weighted by molar-refractivity contribution is 5.76. The highest BCUT2D eigenvalue weighted by Crippen LogP contribution is 2.37. The molecule has 1 aromatic heterocycles. The van der Waals surface area contributed by atoms with Gasteiger partial charge in [0.25, 0.3) is 0 Å². The van der Waals surface area contributed by atoms with Crippen LogP contribution in [-0.4, -0.2) is 9.55 Å². The average Bonchev–Trinajstić information content (AvgIpc) is 2.99. The molecule has 1 fully saturated rings. The lowest BCUT2D eigenvalue weighted by atomic mass is 10.2. The standard InChI is InChI=1S/C11H9F3N2O/c12-11(13,14)6-1-4-8-9(5-6)16(7-2-3-7)10(17)15-8/h1,4-5,7H,2-3H2,(H,15,17). The largest absolute Gasteiger partial charge is 0.416 e. The third-order valence-corrected chi connectivity index (χ3v) is 2.96. The zero-order valence-corrected chi connectivity index (χ0v) is 8.71. The Morgan fingerprint density at radius 1 is 1.29 bits per heavy atom. The second-order valence-electron chi connectivity index (χ2n) is 4.26. The number of fused-ring (bicyclic) bond motifs is 1. The molecule has 1 aliphatic carbocycles. The molecule has 1 saturated carbocycles. The van der Waals surface area contributed by atoms with Gasteiger partial charge in [-0.15, -0.1) is 0 Å². The van der Waals surface area contributed by atoms with Gasteiger partial charge in [0.05, 0.1) is 16.6 Å². The van der Waals surface area contributed by atoms with Gasteiger partial charge in [-0.05, 0) is 31.0 Å². The van der Waals surface area contributed by atoms with Gasteiger partial charge in [-0.2, -0.15) is 13.2 Å². The molecule has 0 aliphatic heterocycles. The van der Waals surface area contributed by atoms with E-state index in [9.17, 15) is 18.0 Å². The molecule has 0 unspecified atom stereocenters. The Balaban J connectivity index is 2.26. The number of H-pyrrole nitrogens is 1. The molecule has 0 bridgehead atoms. The van der Waals surface area contributed by atoms with Gasteiger partial charge in [0.2, 0.25) is 0 Å². The lowest BCUT2D eigenvalue weighted by Crippen LogP contribution is -2.15. The van der Waals surface area contributed by atoms with Crippen LogP contribution in [0.15, 0.2) is 23.0 Å². The van der Waals surface area contributed by atoms with E-state index >= 15 is 0 Å². The second-order valence-corrected chi connectivity index (χ2v) is 4.26. The maximum absolute atomic E-state index is 12.6. The van der Waals surface area contributed by atoms with Crippen LogP contribution in [0.1, 0.15) is 24.4 Å².